The highest BCUT2D eigenvalue weighted by Crippen LogP contribution is 2.41. The molecule has 6 rings (SSSR count). The SMILES string of the molecule is CN1C(=O)NC(=O)C2C1n1c(-c3ccc(OCc4ccccc4)cc3)nnc1N2Cc1ccccc1F. The monoisotopic (exact) mass is 498 g/mol. The van der Waals surface area contributed by atoms with E-state index in [4.69, 9.17) is 4.74 Å². The number of ether oxygens (including phenoxy) is 1. The zero-order chi connectivity index (χ0) is 25.5. The van der Waals surface area contributed by atoms with Gasteiger partial charge in [-0.25, -0.2) is 9.18 Å². The first kappa shape index (κ1) is 22.7. The zero-order valence-corrected chi connectivity index (χ0v) is 19.9. The van der Waals surface area contributed by atoms with Gasteiger partial charge < -0.3 is 14.5 Å². The quantitative estimate of drug-likeness (QED) is 0.436. The molecule has 1 N–H and O–H groups in total. The number of hydrogen-bond acceptors (Lipinski definition) is 6. The Balaban J connectivity index is 1.34. The van der Waals surface area contributed by atoms with Crippen LogP contribution in [0.15, 0.2) is 78.9 Å². The van der Waals surface area contributed by atoms with Gasteiger partial charge in [-0.05, 0) is 35.9 Å². The summed E-state index contributed by atoms with van der Waals surface area (Å²) in [6.45, 7) is 0.533. The summed E-state index contributed by atoms with van der Waals surface area (Å²) in [4.78, 5) is 28.7. The van der Waals surface area contributed by atoms with Crippen molar-refractivity contribution < 1.29 is 18.7 Å². The van der Waals surface area contributed by atoms with Gasteiger partial charge in [0.05, 0.1) is 0 Å². The lowest BCUT2D eigenvalue weighted by Crippen LogP contribution is -2.61. The summed E-state index contributed by atoms with van der Waals surface area (Å²) in [5.74, 6) is 0.714. The number of carbonyl (C=O) groups is 2. The van der Waals surface area contributed by atoms with Crippen LogP contribution in [0.1, 0.15) is 17.3 Å². The number of urea groups is 1. The molecule has 0 bridgehead atoms. The molecular weight excluding hydrogens is 475 g/mol. The number of halogens is 1. The Kier molecular flexibility index (Phi) is 5.56. The molecular formula is C27H23FN6O3. The number of rotatable bonds is 6. The lowest BCUT2D eigenvalue weighted by atomic mass is 10.1. The van der Waals surface area contributed by atoms with Crippen molar-refractivity contribution in [3.8, 4) is 17.1 Å². The van der Waals surface area contributed by atoms with Crippen molar-refractivity contribution >= 4 is 17.9 Å². The number of nitrogens with one attached hydrogen (secondary N) is 1. The van der Waals surface area contributed by atoms with E-state index >= 15 is 0 Å². The summed E-state index contributed by atoms with van der Waals surface area (Å²) in [5, 5.41) is 11.1. The molecule has 0 spiro atoms. The molecule has 186 valence electrons. The molecule has 1 aromatic heterocycles. The molecule has 1 saturated heterocycles. The number of benzene rings is 3. The number of amides is 3. The minimum absolute atomic E-state index is 0.0910. The first-order chi connectivity index (χ1) is 18.0. The van der Waals surface area contributed by atoms with E-state index in [2.05, 4.69) is 15.5 Å². The Morgan fingerprint density at radius 1 is 0.946 bits per heavy atom. The van der Waals surface area contributed by atoms with Gasteiger partial charge in [0.1, 0.15) is 24.3 Å². The largest absolute Gasteiger partial charge is 0.489 e. The molecule has 9 nitrogen and oxygen atoms in total. The average molecular weight is 499 g/mol. The minimum Gasteiger partial charge on any atom is -0.489 e. The second-order valence-corrected chi connectivity index (χ2v) is 8.98. The third kappa shape index (κ3) is 3.96. The van der Waals surface area contributed by atoms with Crippen LogP contribution in [0.5, 0.6) is 5.75 Å². The predicted octanol–water partition coefficient (Wildman–Crippen LogP) is 3.73. The second kappa shape index (κ2) is 9.05. The van der Waals surface area contributed by atoms with Crippen LogP contribution in [0, 0.1) is 5.82 Å². The van der Waals surface area contributed by atoms with Crippen molar-refractivity contribution in [2.45, 2.75) is 25.4 Å². The summed E-state index contributed by atoms with van der Waals surface area (Å²) < 4.78 is 22.2. The van der Waals surface area contributed by atoms with Gasteiger partial charge in [-0.15, -0.1) is 10.2 Å². The fourth-order valence-electron chi connectivity index (χ4n) is 4.82. The van der Waals surface area contributed by atoms with Gasteiger partial charge >= 0.3 is 6.03 Å². The van der Waals surface area contributed by atoms with E-state index in [0.717, 1.165) is 11.1 Å². The lowest BCUT2D eigenvalue weighted by Gasteiger charge is -2.37. The van der Waals surface area contributed by atoms with Crippen molar-refractivity contribution in [2.75, 3.05) is 11.9 Å². The van der Waals surface area contributed by atoms with Crippen LogP contribution >= 0.6 is 0 Å². The van der Waals surface area contributed by atoms with Crippen molar-refractivity contribution in [1.82, 2.24) is 25.0 Å². The number of anilines is 1. The molecule has 1 fully saturated rings. The molecule has 2 atom stereocenters. The third-order valence-electron chi connectivity index (χ3n) is 6.69. The van der Waals surface area contributed by atoms with Gasteiger partial charge in [-0.3, -0.25) is 14.7 Å². The highest BCUT2D eigenvalue weighted by atomic mass is 19.1. The zero-order valence-electron chi connectivity index (χ0n) is 19.9. The van der Waals surface area contributed by atoms with Crippen LogP contribution in [0.2, 0.25) is 0 Å². The van der Waals surface area contributed by atoms with Gasteiger partial charge in [-0.2, -0.15) is 0 Å². The van der Waals surface area contributed by atoms with E-state index in [0.29, 0.717) is 29.7 Å². The normalized spacial score (nSPS) is 18.4. The number of nitrogens with zero attached hydrogens (tertiary/aromatic N) is 5. The van der Waals surface area contributed by atoms with Gasteiger partial charge in [0.15, 0.2) is 11.9 Å². The van der Waals surface area contributed by atoms with Crippen molar-refractivity contribution in [3.05, 3.63) is 95.8 Å². The lowest BCUT2D eigenvalue weighted by molar-refractivity contribution is -0.124. The molecule has 2 unspecified atom stereocenters. The molecule has 2 aliphatic rings. The number of hydrogen-bond donors (Lipinski definition) is 1. The summed E-state index contributed by atoms with van der Waals surface area (Å²) in [5.41, 5.74) is 2.21. The molecule has 0 radical (unpaired) electrons. The van der Waals surface area contributed by atoms with Gasteiger partial charge in [-0.1, -0.05) is 48.5 Å². The van der Waals surface area contributed by atoms with Gasteiger partial charge in [0, 0.05) is 24.7 Å². The van der Waals surface area contributed by atoms with Crippen LogP contribution in [0.4, 0.5) is 15.1 Å². The third-order valence-corrected chi connectivity index (χ3v) is 6.69. The molecule has 3 amide bonds. The summed E-state index contributed by atoms with van der Waals surface area (Å²) >= 11 is 0. The van der Waals surface area contributed by atoms with E-state index in [1.54, 1.807) is 34.7 Å². The molecule has 10 heteroatoms. The number of aromatic nitrogens is 3. The molecule has 4 aromatic rings. The smallest absolute Gasteiger partial charge is 0.325 e. The highest BCUT2D eigenvalue weighted by Gasteiger charge is 2.52. The van der Waals surface area contributed by atoms with E-state index in [9.17, 15) is 14.0 Å². The van der Waals surface area contributed by atoms with Gasteiger partial charge in [0.2, 0.25) is 5.95 Å². The standard InChI is InChI=1S/C27H23FN6O3/c1-32-25-22(24(35)29-27(32)36)33(15-19-9-5-6-10-21(19)28)26-31-30-23(34(25)26)18-11-13-20(14-12-18)37-16-17-7-3-2-4-8-17/h2-14,22,25H,15-16H2,1H3,(H,29,35,36). The first-order valence-corrected chi connectivity index (χ1v) is 11.8. The fourth-order valence-corrected chi connectivity index (χ4v) is 4.82. The van der Waals surface area contributed by atoms with Gasteiger partial charge in [0.25, 0.3) is 5.91 Å². The summed E-state index contributed by atoms with van der Waals surface area (Å²) in [6.07, 6.45) is -0.693. The van der Waals surface area contributed by atoms with Crippen molar-refractivity contribution in [2.24, 2.45) is 0 Å². The Bertz CT molecular complexity index is 1470. The Hall–Kier alpha value is -4.73. The number of fused-ring (bicyclic) bond motifs is 3. The first-order valence-electron chi connectivity index (χ1n) is 11.8. The topological polar surface area (TPSA) is 92.6 Å². The maximum atomic E-state index is 14.5. The van der Waals surface area contributed by atoms with Crippen LogP contribution in [0.3, 0.4) is 0 Å². The van der Waals surface area contributed by atoms with E-state index in [1.807, 2.05) is 54.6 Å². The highest BCUT2D eigenvalue weighted by molar-refractivity contribution is 6.02. The van der Waals surface area contributed by atoms with Crippen LogP contribution in [-0.2, 0) is 17.9 Å². The molecule has 37 heavy (non-hydrogen) atoms. The summed E-state index contributed by atoms with van der Waals surface area (Å²) in [7, 11) is 1.61. The van der Waals surface area contributed by atoms with E-state index in [1.165, 1.54) is 11.0 Å². The number of likely N-dealkylation sites (N-methyl/N-ethyl adjacent to an activating group) is 1. The maximum Gasteiger partial charge on any atom is 0.325 e. The molecule has 0 aliphatic carbocycles. The number of imide groups is 1. The molecule has 0 saturated carbocycles. The second-order valence-electron chi connectivity index (χ2n) is 8.98. The van der Waals surface area contributed by atoms with E-state index in [-0.39, 0.29) is 12.4 Å². The van der Waals surface area contributed by atoms with Crippen molar-refractivity contribution in [1.29, 1.82) is 0 Å². The Labute approximate surface area is 212 Å². The minimum atomic E-state index is -0.792. The predicted molar refractivity (Wildman–Crippen MR) is 133 cm³/mol. The van der Waals surface area contributed by atoms with Crippen LogP contribution < -0.4 is 15.0 Å². The van der Waals surface area contributed by atoms with Crippen LogP contribution in [0.25, 0.3) is 11.4 Å². The van der Waals surface area contributed by atoms with Crippen molar-refractivity contribution in [3.63, 3.8) is 0 Å². The van der Waals surface area contributed by atoms with E-state index < -0.39 is 24.1 Å². The Morgan fingerprint density at radius 2 is 1.68 bits per heavy atom. The average Bonchev–Trinajstić information content (AvgIpc) is 3.48. The maximum absolute atomic E-state index is 14.5. The molecule has 3 heterocycles. The summed E-state index contributed by atoms with van der Waals surface area (Å²) in [6, 6.07) is 22.3. The molecule has 2 aliphatic heterocycles. The fraction of sp³-hybridized carbons (Fsp3) is 0.185. The van der Waals surface area contributed by atoms with Crippen LogP contribution in [-0.4, -0.2) is 44.7 Å². The number of carbonyl (C=O) groups excluding carboxylic acids is 2. The molecule has 3 aromatic carbocycles. The Morgan fingerprint density at radius 3 is 2.43 bits per heavy atom.